The molecule has 0 saturated carbocycles. The summed E-state index contributed by atoms with van der Waals surface area (Å²) in [6.07, 6.45) is 0. The summed E-state index contributed by atoms with van der Waals surface area (Å²) in [4.78, 5) is 26.6. The first-order valence-electron chi connectivity index (χ1n) is 5.76. The topological polar surface area (TPSA) is 79.3 Å². The zero-order valence-corrected chi connectivity index (χ0v) is 11.3. The first kappa shape index (κ1) is 14.0. The summed E-state index contributed by atoms with van der Waals surface area (Å²) in [5, 5.41) is 12.0. The monoisotopic (exact) mass is 290 g/mol. The summed E-state index contributed by atoms with van der Waals surface area (Å²) in [5.74, 6) is -1.67. The molecule has 6 heteroatoms. The molecule has 2 aromatic rings. The fraction of sp³-hybridized carbons (Fsp3) is 0.0714. The van der Waals surface area contributed by atoms with Crippen LogP contribution in [0, 0.1) is 6.92 Å². The van der Waals surface area contributed by atoms with Gasteiger partial charge in [-0.3, -0.25) is 4.79 Å². The molecule has 0 aliphatic rings. The van der Waals surface area contributed by atoms with Gasteiger partial charge in [0.1, 0.15) is 11.4 Å². The lowest BCUT2D eigenvalue weighted by Gasteiger charge is -2.09. The van der Waals surface area contributed by atoms with Crippen molar-refractivity contribution < 1.29 is 14.7 Å². The summed E-state index contributed by atoms with van der Waals surface area (Å²) >= 11 is 5.97. The maximum Gasteiger partial charge on any atom is 0.354 e. The van der Waals surface area contributed by atoms with Crippen molar-refractivity contribution in [2.75, 3.05) is 5.32 Å². The molecule has 102 valence electrons. The average Bonchev–Trinajstić information content (AvgIpc) is 2.44. The number of anilines is 1. The van der Waals surface area contributed by atoms with Crippen molar-refractivity contribution in [3.05, 3.63) is 58.4 Å². The Bertz CT molecular complexity index is 686. The lowest BCUT2D eigenvalue weighted by Crippen LogP contribution is -2.16. The molecule has 1 aromatic heterocycles. The quantitative estimate of drug-likeness (QED) is 0.911. The number of nitrogens with zero attached hydrogens (tertiary/aromatic N) is 1. The van der Waals surface area contributed by atoms with E-state index in [-0.39, 0.29) is 11.4 Å². The molecule has 0 atom stereocenters. The van der Waals surface area contributed by atoms with E-state index in [2.05, 4.69) is 10.3 Å². The summed E-state index contributed by atoms with van der Waals surface area (Å²) in [6.45, 7) is 1.78. The number of rotatable bonds is 3. The molecule has 0 saturated heterocycles. The van der Waals surface area contributed by atoms with Gasteiger partial charge in [-0.05, 0) is 36.8 Å². The number of carbonyl (C=O) groups is 2. The second-order valence-electron chi connectivity index (χ2n) is 4.08. The molecule has 0 bridgehead atoms. The molecule has 0 aliphatic heterocycles. The van der Waals surface area contributed by atoms with E-state index in [0.717, 1.165) is 5.56 Å². The number of hydrogen-bond acceptors (Lipinski definition) is 3. The van der Waals surface area contributed by atoms with E-state index < -0.39 is 11.9 Å². The number of carbonyl (C=O) groups excluding carboxylic acids is 1. The van der Waals surface area contributed by atoms with Crippen LogP contribution in [0.3, 0.4) is 0 Å². The van der Waals surface area contributed by atoms with Crippen molar-refractivity contribution in [2.24, 2.45) is 0 Å². The fourth-order valence-electron chi connectivity index (χ4n) is 1.61. The van der Waals surface area contributed by atoms with Crippen LogP contribution in [-0.2, 0) is 0 Å². The number of aromatic carboxylic acids is 1. The Labute approximate surface area is 120 Å². The van der Waals surface area contributed by atoms with Gasteiger partial charge >= 0.3 is 5.97 Å². The highest BCUT2D eigenvalue weighted by atomic mass is 35.5. The maximum atomic E-state index is 12.0. The SMILES string of the molecule is Cc1c(Cl)cccc1NC(=O)c1cccc(C(=O)O)n1. The normalized spacial score (nSPS) is 10.1. The maximum absolute atomic E-state index is 12.0. The number of amides is 1. The minimum atomic E-state index is -1.18. The van der Waals surface area contributed by atoms with Crippen LogP contribution in [0.2, 0.25) is 5.02 Å². The van der Waals surface area contributed by atoms with Crippen molar-refractivity contribution in [3.63, 3.8) is 0 Å². The van der Waals surface area contributed by atoms with E-state index >= 15 is 0 Å². The van der Waals surface area contributed by atoms with Gasteiger partial charge < -0.3 is 10.4 Å². The highest BCUT2D eigenvalue weighted by Crippen LogP contribution is 2.23. The molecule has 0 unspecified atom stereocenters. The summed E-state index contributed by atoms with van der Waals surface area (Å²) in [6, 6.07) is 9.38. The summed E-state index contributed by atoms with van der Waals surface area (Å²) < 4.78 is 0. The van der Waals surface area contributed by atoms with Crippen LogP contribution in [0.15, 0.2) is 36.4 Å². The van der Waals surface area contributed by atoms with E-state index in [9.17, 15) is 9.59 Å². The van der Waals surface area contributed by atoms with E-state index in [1.807, 2.05) is 0 Å². The van der Waals surface area contributed by atoms with Crippen molar-refractivity contribution >= 4 is 29.2 Å². The van der Waals surface area contributed by atoms with E-state index in [1.54, 1.807) is 25.1 Å². The highest BCUT2D eigenvalue weighted by Gasteiger charge is 2.13. The third-order valence-corrected chi connectivity index (χ3v) is 3.13. The van der Waals surface area contributed by atoms with Gasteiger partial charge in [0.2, 0.25) is 0 Å². The molecule has 2 rings (SSSR count). The largest absolute Gasteiger partial charge is 0.477 e. The number of halogens is 1. The van der Waals surface area contributed by atoms with E-state index in [4.69, 9.17) is 16.7 Å². The van der Waals surface area contributed by atoms with Crippen LogP contribution in [0.1, 0.15) is 26.5 Å². The van der Waals surface area contributed by atoms with Crippen molar-refractivity contribution in [1.82, 2.24) is 4.98 Å². The van der Waals surface area contributed by atoms with Gasteiger partial charge in [-0.15, -0.1) is 0 Å². The number of carboxylic acids is 1. The van der Waals surface area contributed by atoms with Gasteiger partial charge in [0.15, 0.2) is 0 Å². The minimum Gasteiger partial charge on any atom is -0.477 e. The van der Waals surface area contributed by atoms with Gasteiger partial charge in [-0.2, -0.15) is 0 Å². The first-order valence-corrected chi connectivity index (χ1v) is 6.13. The van der Waals surface area contributed by atoms with Gasteiger partial charge in [-0.1, -0.05) is 23.7 Å². The molecule has 0 fully saturated rings. The second-order valence-corrected chi connectivity index (χ2v) is 4.49. The third-order valence-electron chi connectivity index (χ3n) is 2.72. The Kier molecular flexibility index (Phi) is 4.00. The Balaban J connectivity index is 2.26. The third kappa shape index (κ3) is 2.95. The molecule has 1 aromatic carbocycles. The number of aromatic nitrogens is 1. The molecule has 1 heterocycles. The van der Waals surface area contributed by atoms with E-state index in [1.165, 1.54) is 18.2 Å². The van der Waals surface area contributed by atoms with Crippen LogP contribution in [0.4, 0.5) is 5.69 Å². The number of carboxylic acid groups (broad SMARTS) is 1. The van der Waals surface area contributed by atoms with Gasteiger partial charge in [0, 0.05) is 10.7 Å². The molecule has 0 aliphatic carbocycles. The molecule has 20 heavy (non-hydrogen) atoms. The van der Waals surface area contributed by atoms with E-state index in [0.29, 0.717) is 10.7 Å². The predicted octanol–water partition coefficient (Wildman–Crippen LogP) is 2.99. The van der Waals surface area contributed by atoms with Crippen molar-refractivity contribution in [3.8, 4) is 0 Å². The Morgan fingerprint density at radius 3 is 2.50 bits per heavy atom. The summed E-state index contributed by atoms with van der Waals surface area (Å²) in [7, 11) is 0. The van der Waals surface area contributed by atoms with Gasteiger partial charge in [0.25, 0.3) is 5.91 Å². The van der Waals surface area contributed by atoms with Crippen LogP contribution in [-0.4, -0.2) is 22.0 Å². The molecule has 1 amide bonds. The molecular weight excluding hydrogens is 280 g/mol. The Hall–Kier alpha value is -2.40. The van der Waals surface area contributed by atoms with Crippen molar-refractivity contribution in [2.45, 2.75) is 6.92 Å². The van der Waals surface area contributed by atoms with Crippen molar-refractivity contribution in [1.29, 1.82) is 0 Å². The van der Waals surface area contributed by atoms with Gasteiger partial charge in [-0.25, -0.2) is 9.78 Å². The molecule has 2 N–H and O–H groups in total. The lowest BCUT2D eigenvalue weighted by molar-refractivity contribution is 0.0690. The number of pyridine rings is 1. The van der Waals surface area contributed by atoms with Crippen LogP contribution in [0.5, 0.6) is 0 Å². The molecule has 0 radical (unpaired) electrons. The molecular formula is C14H11ClN2O3. The van der Waals surface area contributed by atoms with Gasteiger partial charge in [0.05, 0.1) is 0 Å². The lowest BCUT2D eigenvalue weighted by atomic mass is 10.2. The molecule has 5 nitrogen and oxygen atoms in total. The number of benzene rings is 1. The zero-order chi connectivity index (χ0) is 14.7. The Morgan fingerprint density at radius 2 is 1.80 bits per heavy atom. The van der Waals surface area contributed by atoms with Crippen LogP contribution < -0.4 is 5.32 Å². The average molecular weight is 291 g/mol. The van der Waals surface area contributed by atoms with Crippen LogP contribution in [0.25, 0.3) is 0 Å². The fourth-order valence-corrected chi connectivity index (χ4v) is 1.78. The van der Waals surface area contributed by atoms with Crippen LogP contribution >= 0.6 is 11.6 Å². The number of hydrogen-bond donors (Lipinski definition) is 2. The summed E-state index contributed by atoms with van der Waals surface area (Å²) in [5.41, 5.74) is 1.15. The second kappa shape index (κ2) is 5.71. The predicted molar refractivity (Wildman–Crippen MR) is 75.3 cm³/mol. The smallest absolute Gasteiger partial charge is 0.354 e. The zero-order valence-electron chi connectivity index (χ0n) is 10.6. The first-order chi connectivity index (χ1) is 9.49. The molecule has 0 spiro atoms. The Morgan fingerprint density at radius 1 is 1.15 bits per heavy atom. The standard InChI is InChI=1S/C14H11ClN2O3/c1-8-9(15)4-2-5-10(8)17-13(18)11-6-3-7-12(16-11)14(19)20/h2-7H,1H3,(H,17,18)(H,19,20). The highest BCUT2D eigenvalue weighted by molar-refractivity contribution is 6.31. The minimum absolute atomic E-state index is 0.0317. The number of nitrogens with one attached hydrogen (secondary N) is 1.